The topological polar surface area (TPSA) is 56.7 Å². The summed E-state index contributed by atoms with van der Waals surface area (Å²) in [5, 5.41) is 0.368. The van der Waals surface area contributed by atoms with Gasteiger partial charge in [-0.15, -0.1) is 0 Å². The predicted octanol–water partition coefficient (Wildman–Crippen LogP) is 13.1. The highest BCUT2D eigenvalue weighted by atomic mass is 28.3. The lowest BCUT2D eigenvalue weighted by atomic mass is 10.0. The van der Waals surface area contributed by atoms with Gasteiger partial charge in [0, 0.05) is 49.0 Å². The van der Waals surface area contributed by atoms with Crippen LogP contribution in [0.15, 0.2) is 247 Å². The van der Waals surface area contributed by atoms with E-state index in [4.69, 9.17) is 33.1 Å². The Morgan fingerprint density at radius 1 is 0.406 bits per heavy atom. The van der Waals surface area contributed by atoms with Crippen LogP contribution in [0.5, 0.6) is 0 Å². The maximum Gasteiger partial charge on any atom is 0.179 e. The van der Waals surface area contributed by atoms with Crippen LogP contribution in [0.3, 0.4) is 0 Å². The molecule has 0 aliphatic rings. The summed E-state index contributed by atoms with van der Waals surface area (Å²) in [5.41, 5.74) is -4.20. The highest BCUT2D eigenvalue weighted by Gasteiger charge is 2.41. The maximum atomic E-state index is 10.4. The molecule has 0 aliphatic heterocycles. The number of furan rings is 1. The van der Waals surface area contributed by atoms with E-state index in [0.717, 1.165) is 20.1 Å². The summed E-state index contributed by atoms with van der Waals surface area (Å²) in [4.78, 5) is 14.9. The Balaban J connectivity index is 1.26. The summed E-state index contributed by atoms with van der Waals surface area (Å²) < 4.78 is 212. The van der Waals surface area contributed by atoms with E-state index in [1.807, 2.05) is 97.1 Å². The van der Waals surface area contributed by atoms with E-state index < -0.39 is 213 Å². The second-order valence-corrected chi connectivity index (χ2v) is 20.0. The van der Waals surface area contributed by atoms with Crippen molar-refractivity contribution in [3.8, 4) is 17.1 Å². The first-order valence-corrected chi connectivity index (χ1v) is 23.6. The van der Waals surface area contributed by atoms with Gasteiger partial charge in [-0.05, 0) is 79.2 Å². The van der Waals surface area contributed by atoms with Crippen molar-refractivity contribution in [3.63, 3.8) is 0 Å². The third-order valence-corrected chi connectivity index (χ3v) is 17.3. The largest absolute Gasteiger partial charge is 0.455 e. The molecule has 0 saturated carbocycles. The highest BCUT2D eigenvalue weighted by molar-refractivity contribution is 7.20. The van der Waals surface area contributed by atoms with Crippen LogP contribution in [-0.4, -0.2) is 27.6 Å². The van der Waals surface area contributed by atoms with Crippen LogP contribution in [0.4, 0.5) is 0 Å². The van der Waals surface area contributed by atoms with E-state index in [1.54, 1.807) is 12.1 Å². The van der Waals surface area contributed by atoms with Crippen molar-refractivity contribution in [2.45, 2.75) is 0 Å². The molecule has 14 rings (SSSR count). The molecule has 0 fully saturated rings. The zero-order valence-corrected chi connectivity index (χ0v) is 36.6. The molecular formula is C63H40N4OSi. The van der Waals surface area contributed by atoms with Crippen LogP contribution in [0, 0.1) is 0 Å². The smallest absolute Gasteiger partial charge is 0.179 e. The number of aromatic nitrogens is 4. The molecule has 0 saturated heterocycles. The lowest BCUT2D eigenvalue weighted by Gasteiger charge is -2.34. The molecule has 5 nitrogen and oxygen atoms in total. The fourth-order valence-electron chi connectivity index (χ4n) is 9.60. The molecule has 4 aromatic heterocycles. The van der Waals surface area contributed by atoms with Gasteiger partial charge in [0.1, 0.15) is 11.2 Å². The van der Waals surface area contributed by atoms with E-state index in [9.17, 15) is 16.4 Å². The summed E-state index contributed by atoms with van der Waals surface area (Å²) >= 11 is 0. The average molecular weight is 919 g/mol. The van der Waals surface area contributed by atoms with Gasteiger partial charge in [0.25, 0.3) is 0 Å². The third-order valence-electron chi connectivity index (χ3n) is 12.5. The molecular weight excluding hydrogens is 857 g/mol. The maximum absolute atomic E-state index is 10.4. The molecule has 0 aliphatic carbocycles. The Morgan fingerprint density at radius 2 is 0.942 bits per heavy atom. The van der Waals surface area contributed by atoms with Crippen molar-refractivity contribution >= 4 is 116 Å². The highest BCUT2D eigenvalue weighted by Crippen LogP contribution is 2.39. The van der Waals surface area contributed by atoms with Crippen LogP contribution in [0.25, 0.3) is 104 Å². The minimum Gasteiger partial charge on any atom is -0.455 e. The second kappa shape index (κ2) is 15.6. The van der Waals surface area contributed by atoms with E-state index in [-0.39, 0.29) is 32.6 Å². The predicted molar refractivity (Wildman–Crippen MR) is 289 cm³/mol. The molecule has 69 heavy (non-hydrogen) atoms. The number of nitrogens with zero attached hydrogens (tertiary/aromatic N) is 4. The summed E-state index contributed by atoms with van der Waals surface area (Å²) in [7, 11) is -3.61. The molecule has 6 heteroatoms. The van der Waals surface area contributed by atoms with E-state index >= 15 is 0 Å². The zero-order valence-electron chi connectivity index (χ0n) is 57.6. The summed E-state index contributed by atoms with van der Waals surface area (Å²) in [6.45, 7) is 0. The molecule has 0 N–H and O–H groups in total. The first kappa shape index (κ1) is 23.2. The van der Waals surface area contributed by atoms with Crippen molar-refractivity contribution in [2.75, 3.05) is 0 Å². The van der Waals surface area contributed by atoms with Gasteiger partial charge in [-0.3, -0.25) is 0 Å². The van der Waals surface area contributed by atoms with Gasteiger partial charge in [0.15, 0.2) is 25.2 Å². The normalized spacial score (nSPS) is 16.5. The minimum atomic E-state index is -3.61. The minimum absolute atomic E-state index is 0.0178. The number of hydrogen-bond donors (Lipinski definition) is 0. The van der Waals surface area contributed by atoms with E-state index in [1.165, 1.54) is 0 Å². The number of hydrogen-bond acceptors (Lipinski definition) is 4. The van der Waals surface area contributed by atoms with Gasteiger partial charge in [-0.2, -0.15) is 0 Å². The second-order valence-electron chi connectivity index (χ2n) is 16.2. The Bertz CT molecular complexity index is 5520. The van der Waals surface area contributed by atoms with Crippen LogP contribution in [0.2, 0.25) is 0 Å². The molecule has 0 spiro atoms. The third kappa shape index (κ3) is 6.06. The first-order chi connectivity index (χ1) is 43.4. The van der Waals surface area contributed by atoms with Gasteiger partial charge < -0.3 is 8.98 Å². The number of fused-ring (bicyclic) bond motifs is 17. The number of benzene rings is 10. The summed E-state index contributed by atoms with van der Waals surface area (Å²) in [5.74, 6) is -0.652. The quantitative estimate of drug-likeness (QED) is 0.123. The molecule has 322 valence electrons. The van der Waals surface area contributed by atoms with E-state index in [0.29, 0.717) is 5.19 Å². The molecule has 4 bridgehead atoms. The monoisotopic (exact) mass is 918 g/mol. The molecule has 0 radical (unpaired) electrons. The Morgan fingerprint density at radius 3 is 1.58 bits per heavy atom. The van der Waals surface area contributed by atoms with Gasteiger partial charge >= 0.3 is 0 Å². The van der Waals surface area contributed by atoms with Crippen LogP contribution in [-0.2, 0) is 0 Å². The van der Waals surface area contributed by atoms with Crippen LogP contribution >= 0.6 is 0 Å². The van der Waals surface area contributed by atoms with Gasteiger partial charge in [0.2, 0.25) is 0 Å². The molecule has 4 heterocycles. The standard InChI is InChI=1S/C63H40N4OSi/c1-4-21-44(22-5-1)69(45-23-6-2-7-24-45,46-25-8-3-9-26-46)47-35-36-48-42-38-54(60-55(39-42)52-30-14-17-34-59(52)68-60)49-27-10-11-31-53(49)62-64-61(65-63(66-62)56(48)40-47)41-19-18-20-43(37-41)67-57-32-15-12-28-50(57)51-29-13-16-33-58(51)67/h1-40H/i10D,11D,12D,13D,14D,15D,16D,17D,18D,19D,20D,27D,28D,29D,30D,31D,32D,33D,34D,37D,38D,39D. The summed E-state index contributed by atoms with van der Waals surface area (Å²) in [6.07, 6.45) is 0. The van der Waals surface area contributed by atoms with Crippen molar-refractivity contribution in [1.29, 1.82) is 0 Å². The SMILES string of the molecule is [2H]c1c([2H])c(-c2nc3nc(n2)c2c([2H])c([2H])c([2H])c([2H])c2c2c([2H])c(c([2H])c4c2oc2c([2H])c([2H])c([2H])c([2H])c24)c2ccc([Si](c4ccccc4)(c4ccccc4)c4ccccc4)cc32)c([2H])c(-n2c3c([2H])c([2H])c([2H])c([2H])c3c3c([2H])c([2H])c([2H])c([2H])c32)c1[2H]. The first-order valence-electron chi connectivity index (χ1n) is 32.6. The van der Waals surface area contributed by atoms with Gasteiger partial charge in [0.05, 0.1) is 41.2 Å². The molecule has 0 atom stereocenters. The van der Waals surface area contributed by atoms with Crippen LogP contribution in [0.1, 0.15) is 30.2 Å². The van der Waals surface area contributed by atoms with Crippen molar-refractivity contribution in [3.05, 3.63) is 242 Å². The Kier molecular flexibility index (Phi) is 5.22. The lowest BCUT2D eigenvalue weighted by molar-refractivity contribution is 0.673. The van der Waals surface area contributed by atoms with Gasteiger partial charge in [-0.25, -0.2) is 15.0 Å². The zero-order chi connectivity index (χ0) is 64.6. The Hall–Kier alpha value is -8.97. The summed E-state index contributed by atoms with van der Waals surface area (Å²) in [6, 6.07) is 17.6. The van der Waals surface area contributed by atoms with Gasteiger partial charge in [-0.1, -0.05) is 200 Å². The van der Waals surface area contributed by atoms with Crippen molar-refractivity contribution < 1.29 is 34.6 Å². The Labute approximate surface area is 428 Å². The molecule has 0 unspecified atom stereocenters. The fourth-order valence-corrected chi connectivity index (χ4v) is 14.4. The lowest BCUT2D eigenvalue weighted by Crippen LogP contribution is -2.74. The molecule has 14 aromatic rings. The number of rotatable bonds is 6. The van der Waals surface area contributed by atoms with Crippen LogP contribution < -0.4 is 20.7 Å². The average Bonchev–Trinajstić information content (AvgIpc) is 1.60. The molecule has 10 aromatic carbocycles. The molecule has 0 amide bonds. The van der Waals surface area contributed by atoms with E-state index in [2.05, 4.69) is 0 Å². The fraction of sp³-hybridized carbons (Fsp3) is 0. The van der Waals surface area contributed by atoms with Crippen molar-refractivity contribution in [2.24, 2.45) is 0 Å². The van der Waals surface area contributed by atoms with Crippen molar-refractivity contribution in [1.82, 2.24) is 19.5 Å². The number of para-hydroxylation sites is 3.